The van der Waals surface area contributed by atoms with Crippen LogP contribution in [0.1, 0.15) is 62.0 Å². The number of nitrogens with one attached hydrogen (secondary N) is 1. The number of ether oxygens (including phenoxy) is 1. The van der Waals surface area contributed by atoms with Crippen molar-refractivity contribution in [3.8, 4) is 0 Å². The largest absolute Gasteiger partial charge is 0.416 e. The summed E-state index contributed by atoms with van der Waals surface area (Å²) in [4.78, 5) is 11.9. The summed E-state index contributed by atoms with van der Waals surface area (Å²) in [6, 6.07) is 2.99. The zero-order chi connectivity index (χ0) is 21.1. The van der Waals surface area contributed by atoms with E-state index in [9.17, 15) is 22.4 Å². The van der Waals surface area contributed by atoms with Gasteiger partial charge < -0.3 is 15.8 Å². The number of nitrogens with two attached hydrogens (primary N) is 1. The monoisotopic (exact) mass is 416 g/mol. The highest BCUT2D eigenvalue weighted by Gasteiger charge is 2.39. The van der Waals surface area contributed by atoms with Gasteiger partial charge in [0.15, 0.2) is 0 Å². The molecule has 2 fully saturated rings. The van der Waals surface area contributed by atoms with Crippen molar-refractivity contribution in [2.75, 3.05) is 19.8 Å². The summed E-state index contributed by atoms with van der Waals surface area (Å²) in [5.74, 6) is -1.04. The molecule has 0 aromatic heterocycles. The van der Waals surface area contributed by atoms with Gasteiger partial charge in [0.05, 0.1) is 5.56 Å². The molecule has 0 atom stereocenters. The third kappa shape index (κ3) is 5.28. The van der Waals surface area contributed by atoms with Crippen LogP contribution in [-0.2, 0) is 15.7 Å². The van der Waals surface area contributed by atoms with E-state index >= 15 is 0 Å². The van der Waals surface area contributed by atoms with Crippen molar-refractivity contribution in [1.29, 1.82) is 0 Å². The molecule has 1 saturated heterocycles. The number of rotatable bonds is 6. The van der Waals surface area contributed by atoms with Crippen molar-refractivity contribution in [3.63, 3.8) is 0 Å². The highest BCUT2D eigenvalue weighted by molar-refractivity contribution is 5.84. The molecular formula is C21H28F4N2O2. The number of benzene rings is 1. The van der Waals surface area contributed by atoms with Crippen LogP contribution in [0.25, 0.3) is 0 Å². The summed E-state index contributed by atoms with van der Waals surface area (Å²) in [6.45, 7) is 1.64. The lowest BCUT2D eigenvalue weighted by molar-refractivity contribution is -0.138. The minimum atomic E-state index is -4.55. The van der Waals surface area contributed by atoms with E-state index in [0.717, 1.165) is 25.3 Å². The first-order valence-corrected chi connectivity index (χ1v) is 10.2. The lowest BCUT2D eigenvalue weighted by Gasteiger charge is -2.36. The zero-order valence-electron chi connectivity index (χ0n) is 16.4. The average Bonchev–Trinajstić information content (AvgIpc) is 2.68. The normalized spacial score (nSPS) is 25.0. The van der Waals surface area contributed by atoms with Crippen molar-refractivity contribution in [2.24, 2.45) is 11.7 Å². The first kappa shape index (κ1) is 22.0. The highest BCUT2D eigenvalue weighted by Crippen LogP contribution is 2.42. The Balaban J connectivity index is 1.53. The van der Waals surface area contributed by atoms with E-state index in [2.05, 4.69) is 5.32 Å². The van der Waals surface area contributed by atoms with Crippen molar-refractivity contribution in [1.82, 2.24) is 5.32 Å². The lowest BCUT2D eigenvalue weighted by Crippen LogP contribution is -2.58. The fourth-order valence-electron chi connectivity index (χ4n) is 4.64. The maximum atomic E-state index is 13.3. The summed E-state index contributed by atoms with van der Waals surface area (Å²) < 4.78 is 58.5. The van der Waals surface area contributed by atoms with Gasteiger partial charge in [-0.25, -0.2) is 4.39 Å². The predicted molar refractivity (Wildman–Crippen MR) is 101 cm³/mol. The summed E-state index contributed by atoms with van der Waals surface area (Å²) in [5.41, 5.74) is 4.21. The summed E-state index contributed by atoms with van der Waals surface area (Å²) in [7, 11) is 0. The molecule has 0 bridgehead atoms. The molecule has 8 heteroatoms. The number of carbonyl (C=O) groups is 1. The highest BCUT2D eigenvalue weighted by atomic mass is 19.4. The maximum Gasteiger partial charge on any atom is 0.416 e. The Morgan fingerprint density at radius 2 is 1.83 bits per heavy atom. The number of hydrogen-bond acceptors (Lipinski definition) is 3. The van der Waals surface area contributed by atoms with Gasteiger partial charge in [-0.15, -0.1) is 0 Å². The Hall–Kier alpha value is -1.67. The molecular weight excluding hydrogens is 388 g/mol. The van der Waals surface area contributed by atoms with E-state index in [-0.39, 0.29) is 17.4 Å². The van der Waals surface area contributed by atoms with Gasteiger partial charge in [-0.05, 0) is 81.0 Å². The molecule has 1 amide bonds. The van der Waals surface area contributed by atoms with E-state index in [1.54, 1.807) is 0 Å². The number of alkyl halides is 3. The number of hydrogen-bond donors (Lipinski definition) is 2. The van der Waals surface area contributed by atoms with Crippen LogP contribution in [0.15, 0.2) is 18.2 Å². The molecule has 3 N–H and O–H groups in total. The number of carbonyl (C=O) groups excluding carboxylic acids is 1. The van der Waals surface area contributed by atoms with Crippen LogP contribution in [-0.4, -0.2) is 31.2 Å². The predicted octanol–water partition coefficient (Wildman–Crippen LogP) is 4.13. The van der Waals surface area contributed by atoms with Crippen LogP contribution < -0.4 is 11.1 Å². The molecule has 1 aliphatic carbocycles. The number of halogens is 4. The molecule has 0 spiro atoms. The van der Waals surface area contributed by atoms with E-state index in [4.69, 9.17) is 10.5 Å². The molecule has 3 rings (SSSR count). The molecule has 2 aliphatic rings. The molecule has 4 nitrogen and oxygen atoms in total. The van der Waals surface area contributed by atoms with Crippen LogP contribution in [0, 0.1) is 11.7 Å². The minimum Gasteiger partial charge on any atom is -0.381 e. The maximum absolute atomic E-state index is 13.3. The van der Waals surface area contributed by atoms with Crippen LogP contribution in [0.5, 0.6) is 0 Å². The Kier molecular flexibility index (Phi) is 6.83. The molecule has 1 aliphatic heterocycles. The van der Waals surface area contributed by atoms with Gasteiger partial charge in [0.25, 0.3) is 0 Å². The van der Waals surface area contributed by atoms with Gasteiger partial charge in [0, 0.05) is 13.2 Å². The van der Waals surface area contributed by atoms with Gasteiger partial charge >= 0.3 is 6.18 Å². The average molecular weight is 416 g/mol. The Morgan fingerprint density at radius 3 is 2.41 bits per heavy atom. The van der Waals surface area contributed by atoms with Crippen molar-refractivity contribution >= 4 is 5.91 Å². The Bertz CT molecular complexity index is 709. The number of primary amides is 1. The fraction of sp³-hybridized carbons (Fsp3) is 0.667. The first-order chi connectivity index (χ1) is 13.7. The molecule has 1 heterocycles. The van der Waals surface area contributed by atoms with Crippen LogP contribution in [0.4, 0.5) is 17.6 Å². The van der Waals surface area contributed by atoms with Gasteiger partial charge in [0.1, 0.15) is 11.4 Å². The summed E-state index contributed by atoms with van der Waals surface area (Å²) >= 11 is 0. The standard InChI is InChI=1S/C21H28F4N2O2/c22-16-5-6-17(18(13-16)21(23,24)25)15-3-1-14(2-4-15)7-10-27-20(19(26)28)8-11-29-12-9-20/h5-6,13-15,27H,1-4,7-12H2,(H2,26,28)/t14-,15+. The zero-order valence-corrected chi connectivity index (χ0v) is 16.4. The van der Waals surface area contributed by atoms with Gasteiger partial charge in [-0.2, -0.15) is 13.2 Å². The van der Waals surface area contributed by atoms with Crippen LogP contribution in [0.2, 0.25) is 0 Å². The molecule has 0 radical (unpaired) electrons. The van der Waals surface area contributed by atoms with Gasteiger partial charge in [0.2, 0.25) is 5.91 Å². The topological polar surface area (TPSA) is 64.4 Å². The second kappa shape index (κ2) is 9.00. The van der Waals surface area contributed by atoms with Crippen molar-refractivity contribution in [3.05, 3.63) is 35.1 Å². The van der Waals surface area contributed by atoms with Gasteiger partial charge in [-0.1, -0.05) is 6.07 Å². The van der Waals surface area contributed by atoms with Crippen molar-refractivity contribution < 1.29 is 27.1 Å². The SMILES string of the molecule is NC(=O)C1(NCC[C@H]2CC[C@@H](c3ccc(F)cc3C(F)(F)F)CC2)CCOCC1. The quantitative estimate of drug-likeness (QED) is 0.686. The molecule has 29 heavy (non-hydrogen) atoms. The lowest BCUT2D eigenvalue weighted by atomic mass is 9.76. The summed E-state index contributed by atoms with van der Waals surface area (Å²) in [5, 5.41) is 3.32. The first-order valence-electron chi connectivity index (χ1n) is 10.2. The molecule has 0 unspecified atom stereocenters. The van der Waals surface area contributed by atoms with E-state index in [1.807, 2.05) is 0 Å². The molecule has 1 aromatic rings. The fourth-order valence-corrected chi connectivity index (χ4v) is 4.64. The van der Waals surface area contributed by atoms with Crippen molar-refractivity contribution in [2.45, 2.75) is 62.6 Å². The van der Waals surface area contributed by atoms with E-state index in [1.165, 1.54) is 6.07 Å². The second-order valence-corrected chi connectivity index (χ2v) is 8.22. The minimum absolute atomic E-state index is 0.199. The smallest absolute Gasteiger partial charge is 0.381 e. The second-order valence-electron chi connectivity index (χ2n) is 8.22. The Labute approximate surface area is 168 Å². The molecule has 1 aromatic carbocycles. The van der Waals surface area contributed by atoms with Crippen LogP contribution in [0.3, 0.4) is 0 Å². The molecule has 162 valence electrons. The third-order valence-electron chi connectivity index (χ3n) is 6.44. The van der Waals surface area contributed by atoms with E-state index < -0.39 is 23.1 Å². The number of amides is 1. The third-order valence-corrected chi connectivity index (χ3v) is 6.44. The van der Waals surface area contributed by atoms with E-state index in [0.29, 0.717) is 57.4 Å². The molecule has 1 saturated carbocycles. The van der Waals surface area contributed by atoms with Gasteiger partial charge in [-0.3, -0.25) is 4.79 Å². The summed E-state index contributed by atoms with van der Waals surface area (Å²) in [6.07, 6.45) is 0.326. The van der Waals surface area contributed by atoms with Crippen LogP contribution >= 0.6 is 0 Å². The Morgan fingerprint density at radius 1 is 1.17 bits per heavy atom.